The van der Waals surface area contributed by atoms with Crippen LogP contribution in [-0.4, -0.2) is 29.3 Å². The van der Waals surface area contributed by atoms with Crippen LogP contribution in [0.4, 0.5) is 4.39 Å². The van der Waals surface area contributed by atoms with E-state index in [1.807, 2.05) is 37.3 Å². The van der Waals surface area contributed by atoms with Gasteiger partial charge < -0.3 is 10.2 Å². The highest BCUT2D eigenvalue weighted by molar-refractivity contribution is 6.36. The number of amides is 2. The fourth-order valence-electron chi connectivity index (χ4n) is 3.65. The summed E-state index contributed by atoms with van der Waals surface area (Å²) in [7, 11) is 0. The molecule has 0 aliphatic carbocycles. The van der Waals surface area contributed by atoms with Crippen molar-refractivity contribution in [3.05, 3.63) is 105 Å². The maximum atomic E-state index is 13.6. The van der Waals surface area contributed by atoms with E-state index in [2.05, 4.69) is 5.32 Å². The molecule has 1 N–H and O–H groups in total. The van der Waals surface area contributed by atoms with E-state index in [1.54, 1.807) is 30.3 Å². The molecule has 2 amide bonds. The average Bonchev–Trinajstić information content (AvgIpc) is 2.83. The number of carbonyl (C=O) groups excluding carboxylic acids is 2. The Hall–Kier alpha value is -2.89. The molecular formula is C27H27Cl2FN2O2. The standard InChI is InChI=1S/C27H27Cl2FN2O2/c1-2-15-31-27(34)25(16-19-7-4-3-5-8-19)32(18-22-23(28)9-6-10-24(22)29)26(33)17-20-11-13-21(30)14-12-20/h3-14,25H,2,15-18H2,1H3,(H,31,34)/t25-/m0/s1. The topological polar surface area (TPSA) is 49.4 Å². The molecule has 0 saturated carbocycles. The molecule has 3 rings (SSSR count). The molecule has 0 unspecified atom stereocenters. The molecule has 0 saturated heterocycles. The number of benzene rings is 3. The van der Waals surface area contributed by atoms with Gasteiger partial charge in [0.05, 0.1) is 6.42 Å². The van der Waals surface area contributed by atoms with Crippen molar-refractivity contribution in [2.75, 3.05) is 6.54 Å². The molecule has 1 atom stereocenters. The molecule has 0 aliphatic rings. The van der Waals surface area contributed by atoms with Gasteiger partial charge in [-0.1, -0.05) is 78.7 Å². The highest BCUT2D eigenvalue weighted by atomic mass is 35.5. The van der Waals surface area contributed by atoms with Gasteiger partial charge >= 0.3 is 0 Å². The fraction of sp³-hybridized carbons (Fsp3) is 0.259. The molecule has 7 heteroatoms. The Labute approximate surface area is 209 Å². The summed E-state index contributed by atoms with van der Waals surface area (Å²) < 4.78 is 13.4. The summed E-state index contributed by atoms with van der Waals surface area (Å²) in [6.45, 7) is 2.53. The van der Waals surface area contributed by atoms with E-state index in [1.165, 1.54) is 17.0 Å². The molecule has 0 aliphatic heterocycles. The molecular weight excluding hydrogens is 474 g/mol. The van der Waals surface area contributed by atoms with Crippen molar-refractivity contribution in [2.24, 2.45) is 0 Å². The lowest BCUT2D eigenvalue weighted by molar-refractivity contribution is -0.140. The number of halogens is 3. The molecule has 3 aromatic rings. The third-order valence-electron chi connectivity index (χ3n) is 5.48. The molecule has 0 fully saturated rings. The van der Waals surface area contributed by atoms with Gasteiger partial charge in [-0.25, -0.2) is 4.39 Å². The van der Waals surface area contributed by atoms with Crippen molar-refractivity contribution in [1.29, 1.82) is 0 Å². The first-order valence-corrected chi connectivity index (χ1v) is 11.9. The first kappa shape index (κ1) is 25.7. The minimum absolute atomic E-state index is 0.00863. The molecule has 4 nitrogen and oxygen atoms in total. The molecule has 3 aromatic carbocycles. The predicted molar refractivity (Wildman–Crippen MR) is 134 cm³/mol. The van der Waals surface area contributed by atoms with Gasteiger partial charge in [0.15, 0.2) is 0 Å². The predicted octanol–water partition coefficient (Wildman–Crippen LogP) is 5.84. The zero-order valence-electron chi connectivity index (χ0n) is 18.9. The summed E-state index contributed by atoms with van der Waals surface area (Å²) >= 11 is 12.8. The average molecular weight is 501 g/mol. The Balaban J connectivity index is 1.99. The van der Waals surface area contributed by atoms with Gasteiger partial charge in [-0.2, -0.15) is 0 Å². The summed E-state index contributed by atoms with van der Waals surface area (Å²) in [5, 5.41) is 3.76. The van der Waals surface area contributed by atoms with Gasteiger partial charge in [0.1, 0.15) is 11.9 Å². The zero-order chi connectivity index (χ0) is 24.5. The number of nitrogens with one attached hydrogen (secondary N) is 1. The zero-order valence-corrected chi connectivity index (χ0v) is 20.5. The van der Waals surface area contributed by atoms with Crippen LogP contribution in [0, 0.1) is 5.82 Å². The Morgan fingerprint density at radius 3 is 2.18 bits per heavy atom. The Bertz CT molecular complexity index is 1090. The SMILES string of the molecule is CCCNC(=O)[C@H](Cc1ccccc1)N(Cc1c(Cl)cccc1Cl)C(=O)Cc1ccc(F)cc1. The van der Waals surface area contributed by atoms with Crippen LogP contribution in [0.1, 0.15) is 30.0 Å². The fourth-order valence-corrected chi connectivity index (χ4v) is 4.17. The van der Waals surface area contributed by atoms with Gasteiger partial charge in [0, 0.05) is 35.1 Å². The van der Waals surface area contributed by atoms with E-state index in [0.717, 1.165) is 12.0 Å². The Morgan fingerprint density at radius 2 is 1.56 bits per heavy atom. The maximum absolute atomic E-state index is 13.6. The van der Waals surface area contributed by atoms with Crippen LogP contribution in [-0.2, 0) is 29.0 Å². The van der Waals surface area contributed by atoms with Crippen molar-refractivity contribution in [3.8, 4) is 0 Å². The number of carbonyl (C=O) groups is 2. The number of rotatable bonds is 10. The minimum Gasteiger partial charge on any atom is -0.354 e. The van der Waals surface area contributed by atoms with Crippen molar-refractivity contribution in [3.63, 3.8) is 0 Å². The van der Waals surface area contributed by atoms with E-state index in [9.17, 15) is 14.0 Å². The van der Waals surface area contributed by atoms with Crippen molar-refractivity contribution >= 4 is 35.0 Å². The molecule has 0 heterocycles. The Kier molecular flexibility index (Phi) is 9.49. The van der Waals surface area contributed by atoms with Gasteiger partial charge in [-0.15, -0.1) is 0 Å². The maximum Gasteiger partial charge on any atom is 0.243 e. The van der Waals surface area contributed by atoms with Crippen molar-refractivity contribution < 1.29 is 14.0 Å². The largest absolute Gasteiger partial charge is 0.354 e. The van der Waals surface area contributed by atoms with Gasteiger partial charge in [-0.05, 0) is 41.8 Å². The third kappa shape index (κ3) is 7.05. The normalized spacial score (nSPS) is 11.6. The van der Waals surface area contributed by atoms with Crippen LogP contribution >= 0.6 is 23.2 Å². The molecule has 0 aromatic heterocycles. The quantitative estimate of drug-likeness (QED) is 0.380. The smallest absolute Gasteiger partial charge is 0.243 e. The van der Waals surface area contributed by atoms with Crippen molar-refractivity contribution in [2.45, 2.75) is 38.8 Å². The van der Waals surface area contributed by atoms with E-state index >= 15 is 0 Å². The lowest BCUT2D eigenvalue weighted by Crippen LogP contribution is -2.51. The second-order valence-corrected chi connectivity index (χ2v) is 8.84. The first-order valence-electron chi connectivity index (χ1n) is 11.2. The minimum atomic E-state index is -0.783. The van der Waals surface area contributed by atoms with Crippen LogP contribution in [0.25, 0.3) is 0 Å². The number of hydrogen-bond donors (Lipinski definition) is 1. The summed E-state index contributed by atoms with van der Waals surface area (Å²) in [6, 6.07) is 19.6. The van der Waals surface area contributed by atoms with Crippen molar-refractivity contribution in [1.82, 2.24) is 10.2 Å². The van der Waals surface area contributed by atoms with Gasteiger partial charge in [-0.3, -0.25) is 9.59 Å². The lowest BCUT2D eigenvalue weighted by Gasteiger charge is -2.32. The van der Waals surface area contributed by atoms with Crippen LogP contribution in [0.2, 0.25) is 10.0 Å². The summed E-state index contributed by atoms with van der Waals surface area (Å²) in [6.07, 6.45) is 1.10. The first-order chi connectivity index (χ1) is 16.4. The molecule has 0 bridgehead atoms. The summed E-state index contributed by atoms with van der Waals surface area (Å²) in [5.74, 6) is -0.909. The summed E-state index contributed by atoms with van der Waals surface area (Å²) in [4.78, 5) is 28.4. The van der Waals surface area contributed by atoms with E-state index in [0.29, 0.717) is 34.1 Å². The molecule has 0 radical (unpaired) electrons. The second-order valence-electron chi connectivity index (χ2n) is 8.02. The van der Waals surface area contributed by atoms with E-state index < -0.39 is 6.04 Å². The monoisotopic (exact) mass is 500 g/mol. The van der Waals surface area contributed by atoms with Gasteiger partial charge in [0.2, 0.25) is 11.8 Å². The number of nitrogens with zero attached hydrogens (tertiary/aromatic N) is 1. The molecule has 34 heavy (non-hydrogen) atoms. The van der Waals surface area contributed by atoms with Crippen LogP contribution in [0.3, 0.4) is 0 Å². The van der Waals surface area contributed by atoms with E-state index in [4.69, 9.17) is 23.2 Å². The van der Waals surface area contributed by atoms with E-state index in [-0.39, 0.29) is 30.6 Å². The lowest BCUT2D eigenvalue weighted by atomic mass is 10.0. The molecule has 0 spiro atoms. The highest BCUT2D eigenvalue weighted by Crippen LogP contribution is 2.27. The Morgan fingerprint density at radius 1 is 0.912 bits per heavy atom. The molecule has 178 valence electrons. The van der Waals surface area contributed by atoms with Crippen LogP contribution < -0.4 is 5.32 Å². The van der Waals surface area contributed by atoms with Crippen LogP contribution in [0.5, 0.6) is 0 Å². The second kappa shape index (κ2) is 12.5. The van der Waals surface area contributed by atoms with Gasteiger partial charge in [0.25, 0.3) is 0 Å². The third-order valence-corrected chi connectivity index (χ3v) is 6.19. The highest BCUT2D eigenvalue weighted by Gasteiger charge is 2.31. The number of hydrogen-bond acceptors (Lipinski definition) is 2. The summed E-state index contributed by atoms with van der Waals surface area (Å²) in [5.41, 5.74) is 2.14. The van der Waals surface area contributed by atoms with Crippen LogP contribution in [0.15, 0.2) is 72.8 Å².